The molecule has 4 rings (SSSR count). The van der Waals surface area contributed by atoms with Gasteiger partial charge in [0.05, 0.1) is 5.56 Å². The number of nitrogens with one attached hydrogen (secondary N) is 1. The van der Waals surface area contributed by atoms with E-state index in [2.05, 4.69) is 15.2 Å². The summed E-state index contributed by atoms with van der Waals surface area (Å²) < 4.78 is 48.5. The van der Waals surface area contributed by atoms with Crippen molar-refractivity contribution >= 4 is 16.8 Å². The Balaban J connectivity index is 1.61. The lowest BCUT2D eigenvalue weighted by Gasteiger charge is -2.12. The van der Waals surface area contributed by atoms with Gasteiger partial charge in [0.25, 0.3) is 0 Å². The van der Waals surface area contributed by atoms with Crippen molar-refractivity contribution in [2.45, 2.75) is 20.0 Å². The van der Waals surface area contributed by atoms with E-state index in [1.165, 1.54) is 6.20 Å². The molecule has 2 aromatic heterocycles. The molecule has 0 unspecified atom stereocenters. The number of ether oxygens (including phenoxy) is 1. The first-order chi connectivity index (χ1) is 14.4. The van der Waals surface area contributed by atoms with Gasteiger partial charge in [-0.3, -0.25) is 9.89 Å². The van der Waals surface area contributed by atoms with Crippen molar-refractivity contribution in [3.8, 4) is 5.75 Å². The van der Waals surface area contributed by atoms with Crippen LogP contribution < -0.4 is 4.74 Å². The molecule has 0 aliphatic heterocycles. The second-order valence-electron chi connectivity index (χ2n) is 6.80. The summed E-state index contributed by atoms with van der Waals surface area (Å²) in [6, 6.07) is 10.8. The number of aryl methyl sites for hydroxylation is 1. The number of fused-ring (bicyclic) bond motifs is 1. The van der Waals surface area contributed by atoms with Gasteiger partial charge in [0.15, 0.2) is 28.8 Å². The summed E-state index contributed by atoms with van der Waals surface area (Å²) in [6.45, 7) is 1.66. The third kappa shape index (κ3) is 3.76. The molecule has 0 aliphatic carbocycles. The normalized spacial score (nSPS) is 11.1. The van der Waals surface area contributed by atoms with Gasteiger partial charge >= 0.3 is 0 Å². The van der Waals surface area contributed by atoms with Crippen LogP contribution >= 0.6 is 0 Å². The number of halogens is 3. The Kier molecular flexibility index (Phi) is 5.22. The van der Waals surface area contributed by atoms with Gasteiger partial charge in [-0.1, -0.05) is 30.3 Å². The molecule has 1 N–H and O–H groups in total. The summed E-state index contributed by atoms with van der Waals surface area (Å²) in [4.78, 5) is 16.8. The Morgan fingerprint density at radius 3 is 2.60 bits per heavy atom. The number of Topliss-reactive ketones (excluding diaryl/α,β-unsaturated/α-hetero) is 1. The zero-order valence-electron chi connectivity index (χ0n) is 15.9. The lowest BCUT2D eigenvalue weighted by Crippen LogP contribution is -2.12. The molecule has 2 heterocycles. The van der Waals surface area contributed by atoms with E-state index < -0.39 is 34.5 Å². The molecule has 8 heteroatoms. The van der Waals surface area contributed by atoms with E-state index in [4.69, 9.17) is 4.74 Å². The molecule has 0 aliphatic rings. The maximum absolute atomic E-state index is 14.9. The summed E-state index contributed by atoms with van der Waals surface area (Å²) in [6.07, 6.45) is 1.10. The smallest absolute Gasteiger partial charge is 0.192 e. The third-order valence-electron chi connectivity index (χ3n) is 4.65. The average Bonchev–Trinajstić information content (AvgIpc) is 3.08. The molecular formula is C22H16F3N3O2. The molecule has 0 saturated carbocycles. The van der Waals surface area contributed by atoms with E-state index in [9.17, 15) is 18.0 Å². The second-order valence-corrected chi connectivity index (χ2v) is 6.80. The molecule has 0 atom stereocenters. The van der Waals surface area contributed by atoms with E-state index in [0.717, 1.165) is 5.69 Å². The van der Waals surface area contributed by atoms with E-state index in [1.807, 2.05) is 0 Å². The van der Waals surface area contributed by atoms with Crippen LogP contribution in [-0.2, 0) is 13.0 Å². The van der Waals surface area contributed by atoms with Crippen LogP contribution in [0.2, 0.25) is 0 Å². The topological polar surface area (TPSA) is 67.9 Å². The van der Waals surface area contributed by atoms with Crippen molar-refractivity contribution in [3.05, 3.63) is 88.5 Å². The zero-order valence-corrected chi connectivity index (χ0v) is 15.9. The molecule has 2 aromatic carbocycles. The second kappa shape index (κ2) is 7.98. The van der Waals surface area contributed by atoms with Gasteiger partial charge in [-0.25, -0.2) is 18.2 Å². The Bertz CT molecular complexity index is 1240. The maximum Gasteiger partial charge on any atom is 0.192 e. The quantitative estimate of drug-likeness (QED) is 0.468. The highest BCUT2D eigenvalue weighted by molar-refractivity contribution is 5.98. The Morgan fingerprint density at radius 2 is 1.83 bits per heavy atom. The van der Waals surface area contributed by atoms with Crippen LogP contribution in [0.25, 0.3) is 11.0 Å². The number of rotatable bonds is 6. The van der Waals surface area contributed by atoms with E-state index in [-0.39, 0.29) is 13.0 Å². The van der Waals surface area contributed by atoms with Gasteiger partial charge in [-0.15, -0.1) is 0 Å². The molecule has 0 fully saturated rings. The summed E-state index contributed by atoms with van der Waals surface area (Å²) in [5.41, 5.74) is 1.50. The molecule has 0 amide bonds. The number of carbonyl (C=O) groups is 1. The van der Waals surface area contributed by atoms with E-state index in [0.29, 0.717) is 28.2 Å². The van der Waals surface area contributed by atoms with Crippen molar-refractivity contribution in [1.29, 1.82) is 0 Å². The zero-order chi connectivity index (χ0) is 21.3. The van der Waals surface area contributed by atoms with Crippen molar-refractivity contribution in [2.24, 2.45) is 0 Å². The highest BCUT2D eigenvalue weighted by Crippen LogP contribution is 2.29. The summed E-state index contributed by atoms with van der Waals surface area (Å²) in [5.74, 6) is -5.49. The first kappa shape index (κ1) is 19.6. The minimum Gasteiger partial charge on any atom is -0.483 e. The fourth-order valence-electron chi connectivity index (χ4n) is 3.12. The van der Waals surface area contributed by atoms with Gasteiger partial charge in [-0.05, 0) is 24.1 Å². The van der Waals surface area contributed by atoms with Crippen LogP contribution in [-0.4, -0.2) is 21.0 Å². The van der Waals surface area contributed by atoms with Gasteiger partial charge in [-0.2, -0.15) is 5.10 Å². The molecule has 30 heavy (non-hydrogen) atoms. The lowest BCUT2D eigenvalue weighted by atomic mass is 10.0. The van der Waals surface area contributed by atoms with Gasteiger partial charge in [0.1, 0.15) is 12.4 Å². The van der Waals surface area contributed by atoms with Gasteiger partial charge in [0, 0.05) is 29.8 Å². The Hall–Kier alpha value is -3.68. The molecule has 0 saturated heterocycles. The molecule has 0 bridgehead atoms. The van der Waals surface area contributed by atoms with Crippen molar-refractivity contribution in [1.82, 2.24) is 15.2 Å². The Labute approximate surface area is 169 Å². The maximum atomic E-state index is 14.9. The molecule has 152 valence electrons. The minimum atomic E-state index is -1.36. The van der Waals surface area contributed by atoms with Crippen LogP contribution in [0.4, 0.5) is 13.2 Å². The first-order valence-corrected chi connectivity index (χ1v) is 9.11. The van der Waals surface area contributed by atoms with Gasteiger partial charge < -0.3 is 4.74 Å². The van der Waals surface area contributed by atoms with Crippen LogP contribution in [0.1, 0.15) is 27.2 Å². The number of ketones is 1. The minimum absolute atomic E-state index is 0.131. The van der Waals surface area contributed by atoms with E-state index >= 15 is 0 Å². The molecule has 0 radical (unpaired) electrons. The van der Waals surface area contributed by atoms with E-state index in [1.54, 1.807) is 43.3 Å². The SMILES string of the molecule is Cc1[nH]nc2ncc(CC(=O)c3c(F)cc(F)c(OCc4ccccc4)c3F)cc12. The van der Waals surface area contributed by atoms with Crippen LogP contribution in [0.3, 0.4) is 0 Å². The first-order valence-electron chi connectivity index (χ1n) is 9.11. The number of benzene rings is 2. The number of H-pyrrole nitrogens is 1. The number of aromatic amines is 1. The lowest BCUT2D eigenvalue weighted by molar-refractivity contribution is 0.0983. The van der Waals surface area contributed by atoms with Gasteiger partial charge in [0.2, 0.25) is 0 Å². The monoisotopic (exact) mass is 411 g/mol. The predicted octanol–water partition coefficient (Wildman–Crippen LogP) is 4.69. The largest absolute Gasteiger partial charge is 0.483 e. The highest BCUT2D eigenvalue weighted by Gasteiger charge is 2.25. The van der Waals surface area contributed by atoms with Crippen molar-refractivity contribution < 1.29 is 22.7 Å². The van der Waals surface area contributed by atoms with Crippen LogP contribution in [0, 0.1) is 24.4 Å². The number of hydrogen-bond donors (Lipinski definition) is 1. The predicted molar refractivity (Wildman–Crippen MR) is 104 cm³/mol. The number of carbonyl (C=O) groups excluding carboxylic acids is 1. The highest BCUT2D eigenvalue weighted by atomic mass is 19.1. The molecule has 4 aromatic rings. The van der Waals surface area contributed by atoms with Crippen molar-refractivity contribution in [3.63, 3.8) is 0 Å². The summed E-state index contributed by atoms with van der Waals surface area (Å²) in [7, 11) is 0. The molecule has 0 spiro atoms. The number of nitrogens with zero attached hydrogens (tertiary/aromatic N) is 2. The van der Waals surface area contributed by atoms with Crippen LogP contribution in [0.5, 0.6) is 5.75 Å². The molecule has 5 nitrogen and oxygen atoms in total. The standard InChI is InChI=1S/C22H16F3N3O2/c1-12-15-7-14(10-26-22(15)28-27-12)8-18(29)19-16(23)9-17(24)21(20(19)25)30-11-13-5-3-2-4-6-13/h2-7,9-10H,8,11H2,1H3,(H,26,27,28). The average molecular weight is 411 g/mol. The third-order valence-corrected chi connectivity index (χ3v) is 4.65. The summed E-state index contributed by atoms with van der Waals surface area (Å²) >= 11 is 0. The molecular weight excluding hydrogens is 395 g/mol. The number of hydrogen-bond acceptors (Lipinski definition) is 4. The van der Waals surface area contributed by atoms with Crippen LogP contribution in [0.15, 0.2) is 48.7 Å². The summed E-state index contributed by atoms with van der Waals surface area (Å²) in [5, 5.41) is 7.47. The Morgan fingerprint density at radius 1 is 1.07 bits per heavy atom. The fourth-order valence-corrected chi connectivity index (χ4v) is 3.12. The number of aromatic nitrogens is 3. The number of pyridine rings is 1. The van der Waals surface area contributed by atoms with Crippen molar-refractivity contribution in [2.75, 3.05) is 0 Å². The fraction of sp³-hybridized carbons (Fsp3) is 0.136.